The van der Waals surface area contributed by atoms with Crippen LogP contribution in [0.25, 0.3) is 0 Å². The van der Waals surface area contributed by atoms with Crippen LogP contribution in [-0.4, -0.2) is 22.6 Å². The van der Waals surface area contributed by atoms with Crippen molar-refractivity contribution in [3.8, 4) is 0 Å². The van der Waals surface area contributed by atoms with Crippen LogP contribution in [0.5, 0.6) is 0 Å². The van der Waals surface area contributed by atoms with Crippen LogP contribution in [-0.2, 0) is 0 Å². The van der Waals surface area contributed by atoms with Gasteiger partial charge in [-0.3, -0.25) is 0 Å². The Balaban J connectivity index is 2.20. The lowest BCUT2D eigenvalue weighted by Crippen LogP contribution is -2.28. The van der Waals surface area contributed by atoms with Crippen molar-refractivity contribution in [2.75, 3.05) is 17.2 Å². The van der Waals surface area contributed by atoms with Gasteiger partial charge in [0, 0.05) is 18.2 Å². The predicted molar refractivity (Wildman–Crippen MR) is 66.5 cm³/mol. The van der Waals surface area contributed by atoms with E-state index in [0.29, 0.717) is 11.9 Å². The molecule has 2 rings (SSSR count). The van der Waals surface area contributed by atoms with Crippen molar-refractivity contribution in [1.29, 1.82) is 0 Å². The lowest BCUT2D eigenvalue weighted by atomic mass is 10.2. The topological polar surface area (TPSA) is 55.0 Å². The second kappa shape index (κ2) is 4.68. The number of nitrogens with two attached hydrogens (primary N) is 1. The number of hydrogen-bond donors (Lipinski definition) is 1. The fourth-order valence-corrected chi connectivity index (χ4v) is 1.92. The summed E-state index contributed by atoms with van der Waals surface area (Å²) in [6.07, 6.45) is 6.56. The van der Waals surface area contributed by atoms with E-state index in [1.807, 2.05) is 6.92 Å². The highest BCUT2D eigenvalue weighted by atomic mass is 15.2. The summed E-state index contributed by atoms with van der Waals surface area (Å²) in [5, 5.41) is 0. The summed E-state index contributed by atoms with van der Waals surface area (Å²) < 4.78 is 0. The van der Waals surface area contributed by atoms with Crippen molar-refractivity contribution in [3.05, 3.63) is 11.9 Å². The fourth-order valence-electron chi connectivity index (χ4n) is 1.92. The van der Waals surface area contributed by atoms with Gasteiger partial charge in [0.2, 0.25) is 0 Å². The molecule has 0 unspecified atom stereocenters. The predicted octanol–water partition coefficient (Wildman–Crippen LogP) is 2.14. The van der Waals surface area contributed by atoms with Crippen LogP contribution in [0.3, 0.4) is 0 Å². The standard InChI is InChI=1S/C12H20N4/c1-3-4-7-16(10-5-6-10)12-9(2)11(13)14-8-15-12/h8,10H,3-7H2,1-2H3,(H2,13,14,15). The van der Waals surface area contributed by atoms with E-state index >= 15 is 0 Å². The van der Waals surface area contributed by atoms with Crippen molar-refractivity contribution in [2.24, 2.45) is 0 Å². The Morgan fingerprint density at radius 2 is 2.19 bits per heavy atom. The second-order valence-electron chi connectivity index (χ2n) is 4.49. The number of nitrogens with zero attached hydrogens (tertiary/aromatic N) is 3. The average molecular weight is 220 g/mol. The summed E-state index contributed by atoms with van der Waals surface area (Å²) in [6.45, 7) is 5.30. The maximum absolute atomic E-state index is 5.83. The Bertz CT molecular complexity index is 360. The van der Waals surface area contributed by atoms with Gasteiger partial charge < -0.3 is 10.6 Å². The molecule has 0 amide bonds. The van der Waals surface area contributed by atoms with E-state index in [1.165, 1.54) is 25.7 Å². The van der Waals surface area contributed by atoms with Gasteiger partial charge >= 0.3 is 0 Å². The Kier molecular flexibility index (Phi) is 3.27. The molecule has 0 aromatic carbocycles. The highest BCUT2D eigenvalue weighted by molar-refractivity contribution is 5.56. The van der Waals surface area contributed by atoms with Gasteiger partial charge in [-0.1, -0.05) is 13.3 Å². The van der Waals surface area contributed by atoms with Gasteiger partial charge in [-0.05, 0) is 26.2 Å². The first-order valence-electron chi connectivity index (χ1n) is 6.07. The molecule has 1 aliphatic rings. The van der Waals surface area contributed by atoms with Crippen molar-refractivity contribution in [2.45, 2.75) is 45.6 Å². The molecule has 1 fully saturated rings. The van der Waals surface area contributed by atoms with Gasteiger partial charge in [-0.2, -0.15) is 0 Å². The Labute approximate surface area is 96.9 Å². The van der Waals surface area contributed by atoms with E-state index in [1.54, 1.807) is 6.33 Å². The summed E-state index contributed by atoms with van der Waals surface area (Å²) in [7, 11) is 0. The minimum atomic E-state index is 0.604. The highest BCUT2D eigenvalue weighted by Crippen LogP contribution is 2.33. The molecule has 0 saturated heterocycles. The second-order valence-corrected chi connectivity index (χ2v) is 4.49. The van der Waals surface area contributed by atoms with E-state index in [2.05, 4.69) is 21.8 Å². The third-order valence-corrected chi connectivity index (χ3v) is 3.11. The van der Waals surface area contributed by atoms with Gasteiger partial charge in [-0.15, -0.1) is 0 Å². The SMILES string of the molecule is CCCCN(c1ncnc(N)c1C)C1CC1. The van der Waals surface area contributed by atoms with E-state index < -0.39 is 0 Å². The minimum absolute atomic E-state index is 0.604. The molecule has 1 saturated carbocycles. The quantitative estimate of drug-likeness (QED) is 0.826. The first-order valence-corrected chi connectivity index (χ1v) is 6.07. The fraction of sp³-hybridized carbons (Fsp3) is 0.667. The molecule has 2 N–H and O–H groups in total. The van der Waals surface area contributed by atoms with Crippen molar-refractivity contribution in [1.82, 2.24) is 9.97 Å². The molecule has 1 heterocycles. The van der Waals surface area contributed by atoms with Crippen LogP contribution in [0.15, 0.2) is 6.33 Å². The van der Waals surface area contributed by atoms with Crippen molar-refractivity contribution in [3.63, 3.8) is 0 Å². The van der Waals surface area contributed by atoms with Crippen molar-refractivity contribution < 1.29 is 0 Å². The van der Waals surface area contributed by atoms with Gasteiger partial charge in [0.1, 0.15) is 18.0 Å². The number of nitrogen functional groups attached to an aromatic ring is 1. The lowest BCUT2D eigenvalue weighted by Gasteiger charge is -2.25. The molecule has 1 aromatic rings. The first-order chi connectivity index (χ1) is 7.74. The molecule has 1 aliphatic carbocycles. The zero-order valence-corrected chi connectivity index (χ0v) is 10.1. The van der Waals surface area contributed by atoms with Gasteiger partial charge in [-0.25, -0.2) is 9.97 Å². The van der Waals surface area contributed by atoms with Gasteiger partial charge in [0.15, 0.2) is 0 Å². The number of aromatic nitrogens is 2. The Morgan fingerprint density at radius 3 is 2.81 bits per heavy atom. The van der Waals surface area contributed by atoms with Crippen LogP contribution in [0, 0.1) is 6.92 Å². The molecule has 0 radical (unpaired) electrons. The highest BCUT2D eigenvalue weighted by Gasteiger charge is 2.30. The smallest absolute Gasteiger partial charge is 0.137 e. The monoisotopic (exact) mass is 220 g/mol. The summed E-state index contributed by atoms with van der Waals surface area (Å²) in [5.74, 6) is 1.63. The van der Waals surface area contributed by atoms with E-state index in [-0.39, 0.29) is 0 Å². The van der Waals surface area contributed by atoms with E-state index in [9.17, 15) is 0 Å². The van der Waals surface area contributed by atoms with Crippen LogP contribution in [0.1, 0.15) is 38.2 Å². The molecule has 88 valence electrons. The molecular weight excluding hydrogens is 200 g/mol. The molecule has 0 bridgehead atoms. The first kappa shape index (κ1) is 11.2. The molecule has 0 atom stereocenters. The van der Waals surface area contributed by atoms with E-state index in [0.717, 1.165) is 17.9 Å². The molecule has 1 aromatic heterocycles. The molecule has 0 aliphatic heterocycles. The van der Waals surface area contributed by atoms with Crippen LogP contribution >= 0.6 is 0 Å². The molecule has 16 heavy (non-hydrogen) atoms. The summed E-state index contributed by atoms with van der Waals surface area (Å²) in [6, 6.07) is 0.680. The third-order valence-electron chi connectivity index (χ3n) is 3.11. The van der Waals surface area contributed by atoms with Crippen LogP contribution in [0.2, 0.25) is 0 Å². The van der Waals surface area contributed by atoms with E-state index in [4.69, 9.17) is 5.73 Å². The Morgan fingerprint density at radius 1 is 1.44 bits per heavy atom. The molecule has 0 spiro atoms. The average Bonchev–Trinajstić information content (AvgIpc) is 3.08. The van der Waals surface area contributed by atoms with Crippen LogP contribution < -0.4 is 10.6 Å². The Hall–Kier alpha value is -1.32. The minimum Gasteiger partial charge on any atom is -0.383 e. The van der Waals surface area contributed by atoms with Gasteiger partial charge in [0.25, 0.3) is 0 Å². The maximum Gasteiger partial charge on any atom is 0.137 e. The van der Waals surface area contributed by atoms with Gasteiger partial charge in [0.05, 0.1) is 0 Å². The number of rotatable bonds is 5. The summed E-state index contributed by atoms with van der Waals surface area (Å²) >= 11 is 0. The molecule has 4 nitrogen and oxygen atoms in total. The maximum atomic E-state index is 5.83. The largest absolute Gasteiger partial charge is 0.383 e. The third kappa shape index (κ3) is 2.26. The summed E-state index contributed by atoms with van der Waals surface area (Å²) in [4.78, 5) is 10.8. The van der Waals surface area contributed by atoms with Crippen LogP contribution in [0.4, 0.5) is 11.6 Å². The summed E-state index contributed by atoms with van der Waals surface area (Å²) in [5.41, 5.74) is 6.85. The molecule has 4 heteroatoms. The zero-order valence-electron chi connectivity index (χ0n) is 10.1. The number of anilines is 2. The molecular formula is C12H20N4. The number of unbranched alkanes of at least 4 members (excludes halogenated alkanes) is 1. The lowest BCUT2D eigenvalue weighted by molar-refractivity contribution is 0.701. The zero-order chi connectivity index (χ0) is 11.5. The van der Waals surface area contributed by atoms with Crippen molar-refractivity contribution >= 4 is 11.6 Å². The number of hydrogen-bond acceptors (Lipinski definition) is 4. The normalized spacial score (nSPS) is 15.1.